The van der Waals surface area contributed by atoms with E-state index in [1.165, 1.54) is 0 Å². The van der Waals surface area contributed by atoms with E-state index in [0.29, 0.717) is 0 Å². The first kappa shape index (κ1) is 18.7. The molecule has 114 valence electrons. The van der Waals surface area contributed by atoms with Crippen molar-refractivity contribution in [2.24, 2.45) is 17.1 Å². The monoisotopic (exact) mass is 292 g/mol. The van der Waals surface area contributed by atoms with E-state index in [0.717, 1.165) is 13.0 Å². The minimum absolute atomic E-state index is 0. The normalized spacial score (nSPS) is 27.7. The Morgan fingerprint density at radius 2 is 2.00 bits per heavy atom. The first-order valence-electron chi connectivity index (χ1n) is 6.87. The molecule has 19 heavy (non-hydrogen) atoms. The van der Waals surface area contributed by atoms with Crippen molar-refractivity contribution in [1.29, 1.82) is 0 Å². The third-order valence-corrected chi connectivity index (χ3v) is 4.49. The van der Waals surface area contributed by atoms with Gasteiger partial charge in [-0.05, 0) is 20.3 Å². The molecule has 0 saturated heterocycles. The Balaban J connectivity index is 0.00000324. The van der Waals surface area contributed by atoms with Crippen LogP contribution in [0.5, 0.6) is 0 Å². The molecule has 0 heterocycles. The molecular formula is C14H29ClN2O2. The molecule has 4 atom stereocenters. The molecule has 4 nitrogen and oxygen atoms in total. The highest BCUT2D eigenvalue weighted by Gasteiger charge is 2.52. The highest BCUT2D eigenvalue weighted by atomic mass is 35.5. The number of hydrogen-bond acceptors (Lipinski definition) is 3. The van der Waals surface area contributed by atoms with Crippen molar-refractivity contribution in [3.63, 3.8) is 0 Å². The summed E-state index contributed by atoms with van der Waals surface area (Å²) >= 11 is 0. The van der Waals surface area contributed by atoms with Crippen LogP contribution in [0.4, 0.5) is 0 Å². The summed E-state index contributed by atoms with van der Waals surface area (Å²) in [6, 6.07) is 0.147. The molecule has 0 aliphatic heterocycles. The van der Waals surface area contributed by atoms with Crippen molar-refractivity contribution in [3.05, 3.63) is 0 Å². The van der Waals surface area contributed by atoms with Gasteiger partial charge >= 0.3 is 0 Å². The van der Waals surface area contributed by atoms with Crippen LogP contribution < -0.4 is 5.73 Å². The van der Waals surface area contributed by atoms with Crippen LogP contribution in [0.25, 0.3) is 0 Å². The summed E-state index contributed by atoms with van der Waals surface area (Å²) < 4.78 is 5.70. The number of carbonyl (C=O) groups is 1. The summed E-state index contributed by atoms with van der Waals surface area (Å²) in [6.45, 7) is 10.9. The summed E-state index contributed by atoms with van der Waals surface area (Å²) in [5.74, 6) is 0.00923. The van der Waals surface area contributed by atoms with Crippen LogP contribution in [0.2, 0.25) is 0 Å². The molecule has 2 N–H and O–H groups in total. The van der Waals surface area contributed by atoms with Gasteiger partial charge in [-0.2, -0.15) is 0 Å². The fraction of sp³-hybridized carbons (Fsp3) is 0.929. The fourth-order valence-electron chi connectivity index (χ4n) is 2.71. The number of halogens is 1. The van der Waals surface area contributed by atoms with Crippen molar-refractivity contribution < 1.29 is 9.53 Å². The van der Waals surface area contributed by atoms with Crippen LogP contribution in [0.3, 0.4) is 0 Å². The molecule has 0 aromatic heterocycles. The number of nitrogens with two attached hydrogens (primary N) is 1. The van der Waals surface area contributed by atoms with Gasteiger partial charge in [-0.3, -0.25) is 4.79 Å². The minimum Gasteiger partial charge on any atom is -0.378 e. The highest BCUT2D eigenvalue weighted by Crippen LogP contribution is 2.45. The molecule has 0 aromatic rings. The van der Waals surface area contributed by atoms with Gasteiger partial charge in [0.1, 0.15) is 0 Å². The Kier molecular flexibility index (Phi) is 6.79. The van der Waals surface area contributed by atoms with Gasteiger partial charge in [-0.25, -0.2) is 0 Å². The lowest BCUT2D eigenvalue weighted by molar-refractivity contribution is -0.166. The average molecular weight is 293 g/mol. The predicted molar refractivity (Wildman–Crippen MR) is 80.4 cm³/mol. The molecule has 1 amide bonds. The van der Waals surface area contributed by atoms with Gasteiger partial charge in [0.2, 0.25) is 5.91 Å². The van der Waals surface area contributed by atoms with Gasteiger partial charge in [-0.15, -0.1) is 12.4 Å². The topological polar surface area (TPSA) is 55.6 Å². The second-order valence-corrected chi connectivity index (χ2v) is 6.11. The lowest BCUT2D eigenvalue weighted by Crippen LogP contribution is -2.63. The molecule has 4 unspecified atom stereocenters. The van der Waals surface area contributed by atoms with Crippen LogP contribution in [0.1, 0.15) is 41.0 Å². The Morgan fingerprint density at radius 3 is 2.37 bits per heavy atom. The Labute approximate surface area is 123 Å². The number of amides is 1. The van der Waals surface area contributed by atoms with Crippen molar-refractivity contribution in [3.8, 4) is 0 Å². The van der Waals surface area contributed by atoms with Gasteiger partial charge in [0.25, 0.3) is 0 Å². The van der Waals surface area contributed by atoms with Crippen molar-refractivity contribution >= 4 is 18.3 Å². The lowest BCUT2D eigenvalue weighted by atomic mass is 9.63. The number of carbonyl (C=O) groups excluding carboxylic acids is 1. The summed E-state index contributed by atoms with van der Waals surface area (Å²) in [5, 5.41) is 0. The standard InChI is InChI=1S/C14H28N2O2.ClH/c1-7-18-12-8-11(14(12,4)5)16(6)13(17)9(2)10(3)15;/h9-12H,7-8,15H2,1-6H3;1H. The second-order valence-electron chi connectivity index (χ2n) is 6.11. The minimum atomic E-state index is -0.128. The Morgan fingerprint density at radius 1 is 1.47 bits per heavy atom. The number of ether oxygens (including phenoxy) is 1. The molecule has 5 heteroatoms. The predicted octanol–water partition coefficient (Wildman–Crippen LogP) is 2.05. The van der Waals surface area contributed by atoms with Crippen LogP contribution in [0, 0.1) is 11.3 Å². The Hall–Kier alpha value is -0.320. The summed E-state index contributed by atoms with van der Waals surface area (Å²) in [4.78, 5) is 14.1. The van der Waals surface area contributed by atoms with Crippen LogP contribution >= 0.6 is 12.4 Å². The second kappa shape index (κ2) is 6.91. The Bertz CT molecular complexity index is 308. The maximum atomic E-state index is 12.3. The third-order valence-electron chi connectivity index (χ3n) is 4.49. The zero-order chi connectivity index (χ0) is 14.1. The van der Waals surface area contributed by atoms with Crippen LogP contribution in [0.15, 0.2) is 0 Å². The first-order valence-corrected chi connectivity index (χ1v) is 6.87. The molecular weight excluding hydrogens is 264 g/mol. The van der Waals surface area contributed by atoms with Crippen LogP contribution in [-0.4, -0.2) is 42.6 Å². The van der Waals surface area contributed by atoms with Crippen molar-refractivity contribution in [1.82, 2.24) is 4.90 Å². The van der Waals surface area contributed by atoms with E-state index in [9.17, 15) is 4.79 Å². The van der Waals surface area contributed by atoms with Gasteiger partial charge in [0.15, 0.2) is 0 Å². The molecule has 1 aliphatic carbocycles. The lowest BCUT2D eigenvalue weighted by Gasteiger charge is -2.55. The molecule has 0 bridgehead atoms. The highest BCUT2D eigenvalue weighted by molar-refractivity contribution is 5.85. The smallest absolute Gasteiger partial charge is 0.226 e. The quantitative estimate of drug-likeness (QED) is 0.844. The SMILES string of the molecule is CCOC1CC(N(C)C(=O)C(C)C(C)N)C1(C)C.Cl. The summed E-state index contributed by atoms with van der Waals surface area (Å²) in [6.07, 6.45) is 1.18. The molecule has 0 radical (unpaired) electrons. The number of nitrogens with zero attached hydrogens (tertiary/aromatic N) is 1. The fourth-order valence-corrected chi connectivity index (χ4v) is 2.71. The zero-order valence-corrected chi connectivity index (χ0v) is 13.8. The van der Waals surface area contributed by atoms with E-state index in [1.54, 1.807) is 0 Å². The average Bonchev–Trinajstić information content (AvgIpc) is 2.31. The summed E-state index contributed by atoms with van der Waals surface area (Å²) in [7, 11) is 1.88. The third kappa shape index (κ3) is 3.61. The molecule has 1 fully saturated rings. The summed E-state index contributed by atoms with van der Waals surface area (Å²) in [5.41, 5.74) is 5.83. The van der Waals surface area contributed by atoms with Crippen molar-refractivity contribution in [2.75, 3.05) is 13.7 Å². The zero-order valence-electron chi connectivity index (χ0n) is 13.0. The molecule has 0 aromatic carbocycles. The van der Waals surface area contributed by atoms with Gasteiger partial charge in [-0.1, -0.05) is 20.8 Å². The van der Waals surface area contributed by atoms with E-state index in [4.69, 9.17) is 10.5 Å². The number of rotatable bonds is 5. The van der Waals surface area contributed by atoms with Crippen LogP contribution in [-0.2, 0) is 9.53 Å². The van der Waals surface area contributed by atoms with Gasteiger partial charge in [0, 0.05) is 31.2 Å². The van der Waals surface area contributed by atoms with Gasteiger partial charge in [0.05, 0.1) is 12.0 Å². The maximum absolute atomic E-state index is 12.3. The largest absolute Gasteiger partial charge is 0.378 e. The molecule has 0 spiro atoms. The van der Waals surface area contributed by atoms with E-state index in [-0.39, 0.29) is 47.8 Å². The molecule has 1 aliphatic rings. The van der Waals surface area contributed by atoms with Gasteiger partial charge < -0.3 is 15.4 Å². The van der Waals surface area contributed by atoms with E-state index < -0.39 is 0 Å². The van der Waals surface area contributed by atoms with E-state index in [1.807, 2.05) is 32.7 Å². The molecule has 1 rings (SSSR count). The van der Waals surface area contributed by atoms with E-state index >= 15 is 0 Å². The number of hydrogen-bond donors (Lipinski definition) is 1. The van der Waals surface area contributed by atoms with E-state index in [2.05, 4.69) is 13.8 Å². The maximum Gasteiger partial charge on any atom is 0.226 e. The van der Waals surface area contributed by atoms with Crippen molar-refractivity contribution in [2.45, 2.75) is 59.2 Å². The molecule has 1 saturated carbocycles. The first-order chi connectivity index (χ1) is 8.23.